The Labute approximate surface area is 67.2 Å². The second-order valence-corrected chi connectivity index (χ2v) is 2.00. The number of esters is 1. The van der Waals surface area contributed by atoms with Gasteiger partial charge in [0, 0.05) is 6.42 Å². The summed E-state index contributed by atoms with van der Waals surface area (Å²) in [7, 11) is 0. The summed E-state index contributed by atoms with van der Waals surface area (Å²) >= 11 is 0. The van der Waals surface area contributed by atoms with Crippen LogP contribution in [0, 0.1) is 12.3 Å². The molecule has 0 aliphatic carbocycles. The molecule has 0 fully saturated rings. The van der Waals surface area contributed by atoms with Crippen molar-refractivity contribution < 1.29 is 9.53 Å². The second-order valence-electron chi connectivity index (χ2n) is 2.00. The zero-order valence-electron chi connectivity index (χ0n) is 6.51. The largest absolute Gasteiger partial charge is 0.465 e. The molecular weight excluding hydrogens is 140 g/mol. The van der Waals surface area contributed by atoms with Crippen molar-refractivity contribution in [2.24, 2.45) is 0 Å². The quantitative estimate of drug-likeness (QED) is 0.258. The summed E-state index contributed by atoms with van der Waals surface area (Å²) in [6, 6.07) is 0. The SMILES string of the molecule is C#CCCC(=O)OCCC=C. The van der Waals surface area contributed by atoms with Crippen molar-refractivity contribution >= 4 is 5.97 Å². The Morgan fingerprint density at radius 2 is 2.45 bits per heavy atom. The van der Waals surface area contributed by atoms with Crippen LogP contribution in [0.2, 0.25) is 0 Å². The molecular formula is C9H12O2. The molecule has 0 N–H and O–H groups in total. The van der Waals surface area contributed by atoms with E-state index in [2.05, 4.69) is 12.5 Å². The monoisotopic (exact) mass is 152 g/mol. The fourth-order valence-corrected chi connectivity index (χ4v) is 0.502. The number of hydrogen-bond donors (Lipinski definition) is 0. The Balaban J connectivity index is 3.24. The third kappa shape index (κ3) is 6.66. The molecule has 0 spiro atoms. The van der Waals surface area contributed by atoms with Crippen LogP contribution in [0.25, 0.3) is 0 Å². The minimum absolute atomic E-state index is 0.232. The molecule has 2 nitrogen and oxygen atoms in total. The predicted molar refractivity (Wildman–Crippen MR) is 43.8 cm³/mol. The van der Waals surface area contributed by atoms with E-state index >= 15 is 0 Å². The Morgan fingerprint density at radius 3 is 3.00 bits per heavy atom. The smallest absolute Gasteiger partial charge is 0.306 e. The molecule has 0 aromatic carbocycles. The minimum Gasteiger partial charge on any atom is -0.465 e. The van der Waals surface area contributed by atoms with Crippen molar-refractivity contribution in [1.29, 1.82) is 0 Å². The van der Waals surface area contributed by atoms with Crippen LogP contribution in [0.3, 0.4) is 0 Å². The van der Waals surface area contributed by atoms with E-state index in [-0.39, 0.29) is 5.97 Å². The van der Waals surface area contributed by atoms with Gasteiger partial charge in [0.05, 0.1) is 13.0 Å². The summed E-state index contributed by atoms with van der Waals surface area (Å²) in [6.45, 7) is 3.91. The van der Waals surface area contributed by atoms with Crippen LogP contribution in [0.5, 0.6) is 0 Å². The van der Waals surface area contributed by atoms with Crippen molar-refractivity contribution in [3.05, 3.63) is 12.7 Å². The van der Waals surface area contributed by atoms with Gasteiger partial charge in [-0.3, -0.25) is 4.79 Å². The highest BCUT2D eigenvalue weighted by Crippen LogP contribution is 1.92. The van der Waals surface area contributed by atoms with Crippen LogP contribution in [0.15, 0.2) is 12.7 Å². The minimum atomic E-state index is -0.232. The number of hydrogen-bond acceptors (Lipinski definition) is 2. The Morgan fingerprint density at radius 1 is 1.73 bits per heavy atom. The predicted octanol–water partition coefficient (Wildman–Crippen LogP) is 1.52. The fraction of sp³-hybridized carbons (Fsp3) is 0.444. The zero-order valence-corrected chi connectivity index (χ0v) is 6.51. The lowest BCUT2D eigenvalue weighted by Crippen LogP contribution is -2.04. The Hall–Kier alpha value is -1.23. The Kier molecular flexibility index (Phi) is 6.11. The maximum absolute atomic E-state index is 10.7. The highest BCUT2D eigenvalue weighted by molar-refractivity contribution is 5.69. The van der Waals surface area contributed by atoms with Gasteiger partial charge in [0.2, 0.25) is 0 Å². The summed E-state index contributed by atoms with van der Waals surface area (Å²) in [4.78, 5) is 10.7. The highest BCUT2D eigenvalue weighted by Gasteiger charge is 1.98. The van der Waals surface area contributed by atoms with Crippen LogP contribution >= 0.6 is 0 Å². The molecule has 0 aromatic heterocycles. The van der Waals surface area contributed by atoms with Crippen molar-refractivity contribution in [2.75, 3.05) is 6.61 Å². The van der Waals surface area contributed by atoms with Gasteiger partial charge in [-0.1, -0.05) is 6.08 Å². The molecule has 0 heterocycles. The molecule has 0 amide bonds. The van der Waals surface area contributed by atoms with E-state index in [1.54, 1.807) is 6.08 Å². The van der Waals surface area contributed by atoms with E-state index in [1.165, 1.54) is 0 Å². The lowest BCUT2D eigenvalue weighted by atomic mass is 10.3. The molecule has 2 heteroatoms. The van der Waals surface area contributed by atoms with E-state index in [9.17, 15) is 4.79 Å². The number of terminal acetylenes is 1. The molecule has 0 radical (unpaired) electrons. The molecule has 11 heavy (non-hydrogen) atoms. The van der Waals surface area contributed by atoms with E-state index in [4.69, 9.17) is 11.2 Å². The summed E-state index contributed by atoms with van der Waals surface area (Å²) < 4.78 is 4.78. The maximum Gasteiger partial charge on any atom is 0.306 e. The first-order chi connectivity index (χ1) is 5.31. The molecule has 0 saturated heterocycles. The van der Waals surface area contributed by atoms with Gasteiger partial charge in [0.15, 0.2) is 0 Å². The van der Waals surface area contributed by atoms with Gasteiger partial charge in [-0.2, -0.15) is 0 Å². The number of carbonyl (C=O) groups excluding carboxylic acids is 1. The van der Waals surface area contributed by atoms with Gasteiger partial charge in [0.25, 0.3) is 0 Å². The summed E-state index contributed by atoms with van der Waals surface area (Å²) in [5, 5.41) is 0. The molecule has 0 bridgehead atoms. The molecule has 0 aromatic rings. The van der Waals surface area contributed by atoms with Crippen LogP contribution < -0.4 is 0 Å². The Bertz CT molecular complexity index is 165. The summed E-state index contributed by atoms with van der Waals surface area (Å²) in [6.07, 6.45) is 8.12. The molecule has 0 rings (SSSR count). The number of ether oxygens (including phenoxy) is 1. The average molecular weight is 152 g/mol. The highest BCUT2D eigenvalue weighted by atomic mass is 16.5. The van der Waals surface area contributed by atoms with Gasteiger partial charge < -0.3 is 4.74 Å². The van der Waals surface area contributed by atoms with Crippen molar-refractivity contribution in [1.82, 2.24) is 0 Å². The van der Waals surface area contributed by atoms with Crippen molar-refractivity contribution in [2.45, 2.75) is 19.3 Å². The topological polar surface area (TPSA) is 26.3 Å². The standard InChI is InChI=1S/C9H12O2/c1-3-5-7-9(10)11-8-6-4-2/h1,4H,2,5-8H2. The van der Waals surface area contributed by atoms with E-state index in [0.29, 0.717) is 25.9 Å². The fourth-order valence-electron chi connectivity index (χ4n) is 0.502. The van der Waals surface area contributed by atoms with E-state index in [1.807, 2.05) is 0 Å². The first-order valence-corrected chi connectivity index (χ1v) is 3.51. The van der Waals surface area contributed by atoms with Crippen LogP contribution in [-0.4, -0.2) is 12.6 Å². The van der Waals surface area contributed by atoms with Gasteiger partial charge in [-0.05, 0) is 6.42 Å². The summed E-state index contributed by atoms with van der Waals surface area (Å²) in [5.41, 5.74) is 0. The summed E-state index contributed by atoms with van der Waals surface area (Å²) in [5.74, 6) is 2.14. The van der Waals surface area contributed by atoms with E-state index < -0.39 is 0 Å². The number of carbonyl (C=O) groups is 1. The van der Waals surface area contributed by atoms with E-state index in [0.717, 1.165) is 0 Å². The molecule has 0 atom stereocenters. The van der Waals surface area contributed by atoms with Crippen LogP contribution in [0.4, 0.5) is 0 Å². The van der Waals surface area contributed by atoms with Gasteiger partial charge in [0.1, 0.15) is 0 Å². The zero-order chi connectivity index (χ0) is 8.53. The van der Waals surface area contributed by atoms with Crippen molar-refractivity contribution in [3.8, 4) is 12.3 Å². The first kappa shape index (κ1) is 9.77. The molecule has 60 valence electrons. The van der Waals surface area contributed by atoms with Gasteiger partial charge >= 0.3 is 5.97 Å². The third-order valence-electron chi connectivity index (χ3n) is 1.06. The van der Waals surface area contributed by atoms with Crippen LogP contribution in [-0.2, 0) is 9.53 Å². The van der Waals surface area contributed by atoms with Gasteiger partial charge in [-0.15, -0.1) is 18.9 Å². The number of rotatable bonds is 5. The second kappa shape index (κ2) is 6.88. The molecule has 0 unspecified atom stereocenters. The average Bonchev–Trinajstić information content (AvgIpc) is 2.01. The third-order valence-corrected chi connectivity index (χ3v) is 1.06. The molecule has 0 saturated carbocycles. The maximum atomic E-state index is 10.7. The lowest BCUT2D eigenvalue weighted by Gasteiger charge is -1.99. The van der Waals surface area contributed by atoms with Crippen LogP contribution in [0.1, 0.15) is 19.3 Å². The van der Waals surface area contributed by atoms with Crippen molar-refractivity contribution in [3.63, 3.8) is 0 Å². The molecule has 0 aliphatic heterocycles. The molecule has 0 aliphatic rings. The van der Waals surface area contributed by atoms with Gasteiger partial charge in [-0.25, -0.2) is 0 Å². The first-order valence-electron chi connectivity index (χ1n) is 3.51. The normalized spacial score (nSPS) is 8.27. The lowest BCUT2D eigenvalue weighted by molar-refractivity contribution is -0.143.